The average molecular weight is 501 g/mol. The van der Waals surface area contributed by atoms with E-state index in [1.54, 1.807) is 11.3 Å². The van der Waals surface area contributed by atoms with Gasteiger partial charge in [0.05, 0.1) is 27.4 Å². The van der Waals surface area contributed by atoms with E-state index in [1.165, 1.54) is 17.3 Å². The summed E-state index contributed by atoms with van der Waals surface area (Å²) in [7, 11) is 0. The lowest BCUT2D eigenvalue weighted by Gasteiger charge is -2.13. The number of pyridine rings is 1. The third-order valence-electron chi connectivity index (χ3n) is 5.57. The lowest BCUT2D eigenvalue weighted by molar-refractivity contribution is -0.119. The molecule has 0 spiro atoms. The van der Waals surface area contributed by atoms with E-state index in [1.807, 2.05) is 73.0 Å². The number of carbonyl (C=O) groups excluding carboxylic acids is 1. The first-order valence-corrected chi connectivity index (χ1v) is 13.3. The Morgan fingerprint density at radius 2 is 1.89 bits per heavy atom. The predicted molar refractivity (Wildman–Crippen MR) is 141 cm³/mol. The summed E-state index contributed by atoms with van der Waals surface area (Å²) in [5.41, 5.74) is 3.83. The van der Waals surface area contributed by atoms with Crippen molar-refractivity contribution >= 4 is 39.9 Å². The van der Waals surface area contributed by atoms with Gasteiger partial charge in [-0.1, -0.05) is 66.4 Å². The van der Waals surface area contributed by atoms with Crippen LogP contribution < -0.4 is 5.32 Å². The van der Waals surface area contributed by atoms with Gasteiger partial charge in [-0.15, -0.1) is 21.5 Å². The molecule has 0 saturated carbocycles. The molecule has 6 nitrogen and oxygen atoms in total. The molecule has 0 radical (unpaired) electrons. The van der Waals surface area contributed by atoms with E-state index < -0.39 is 0 Å². The molecule has 1 amide bonds. The van der Waals surface area contributed by atoms with Gasteiger partial charge in [-0.3, -0.25) is 4.79 Å². The zero-order chi connectivity index (χ0) is 24.0. The molecule has 8 heteroatoms. The number of hydrogen-bond donors (Lipinski definition) is 1. The molecule has 5 aromatic rings. The van der Waals surface area contributed by atoms with Crippen molar-refractivity contribution in [3.63, 3.8) is 0 Å². The van der Waals surface area contributed by atoms with Crippen molar-refractivity contribution in [3.8, 4) is 22.0 Å². The molecular weight excluding hydrogens is 476 g/mol. The van der Waals surface area contributed by atoms with Crippen molar-refractivity contribution < 1.29 is 9.21 Å². The molecule has 0 aliphatic heterocycles. The number of fused-ring (bicyclic) bond motifs is 1. The highest BCUT2D eigenvalue weighted by atomic mass is 32.2. The van der Waals surface area contributed by atoms with E-state index in [-0.39, 0.29) is 17.7 Å². The van der Waals surface area contributed by atoms with Crippen LogP contribution in [0.1, 0.15) is 18.9 Å². The fourth-order valence-corrected chi connectivity index (χ4v) is 5.08. The molecule has 1 atom stereocenters. The zero-order valence-corrected chi connectivity index (χ0v) is 20.8. The van der Waals surface area contributed by atoms with Crippen LogP contribution in [0.15, 0.2) is 87.8 Å². The van der Waals surface area contributed by atoms with Crippen molar-refractivity contribution in [3.05, 3.63) is 83.7 Å². The summed E-state index contributed by atoms with van der Waals surface area (Å²) in [6, 6.07) is 24.3. The Balaban J connectivity index is 1.24. The number of thioether (sulfide) groups is 1. The van der Waals surface area contributed by atoms with Crippen molar-refractivity contribution in [2.75, 3.05) is 5.75 Å². The Kier molecular flexibility index (Phi) is 7.20. The largest absolute Gasteiger partial charge is 0.411 e. The van der Waals surface area contributed by atoms with E-state index >= 15 is 0 Å². The molecular formula is C27H24N4O2S2. The number of carbonyl (C=O) groups is 1. The summed E-state index contributed by atoms with van der Waals surface area (Å²) in [6.45, 7) is 2.02. The Morgan fingerprint density at radius 3 is 2.71 bits per heavy atom. The minimum absolute atomic E-state index is 0.0512. The topological polar surface area (TPSA) is 80.9 Å². The molecule has 176 valence electrons. The van der Waals surface area contributed by atoms with Gasteiger partial charge < -0.3 is 9.73 Å². The number of nitrogens with one attached hydrogen (secondary N) is 1. The summed E-state index contributed by atoms with van der Waals surface area (Å²) in [4.78, 5) is 18.3. The van der Waals surface area contributed by atoms with Crippen LogP contribution in [0, 0.1) is 0 Å². The van der Waals surface area contributed by atoms with Gasteiger partial charge in [0, 0.05) is 11.4 Å². The normalized spacial score (nSPS) is 12.0. The maximum Gasteiger partial charge on any atom is 0.277 e. The van der Waals surface area contributed by atoms with E-state index in [9.17, 15) is 4.79 Å². The molecule has 3 aromatic heterocycles. The highest BCUT2D eigenvalue weighted by Crippen LogP contribution is 2.33. The maximum atomic E-state index is 12.4. The molecule has 0 saturated heterocycles. The predicted octanol–water partition coefficient (Wildman–Crippen LogP) is 6.24. The number of aryl methyl sites for hydroxylation is 1. The quantitative estimate of drug-likeness (QED) is 0.241. The number of aromatic nitrogens is 3. The van der Waals surface area contributed by atoms with Crippen LogP contribution in [0.2, 0.25) is 0 Å². The minimum Gasteiger partial charge on any atom is -0.411 e. The van der Waals surface area contributed by atoms with Gasteiger partial charge in [0.25, 0.3) is 5.22 Å². The SMILES string of the molecule is CC(CCc1ccccc1)NC(=O)CSc1nnc(-c2cc(-c3cccs3)nc3ccccc23)o1. The second-order valence-corrected chi connectivity index (χ2v) is 10.1. The standard InChI is InChI=1S/C27H24N4O2S2/c1-18(13-14-19-8-3-2-4-9-19)28-25(32)17-35-27-31-30-26(33-27)21-16-23(24-12-7-15-34-24)29-22-11-6-5-10-20(21)22/h2-12,15-16,18H,13-14,17H2,1H3,(H,28,32). The van der Waals surface area contributed by atoms with E-state index in [2.05, 4.69) is 27.6 Å². The maximum absolute atomic E-state index is 12.4. The summed E-state index contributed by atoms with van der Waals surface area (Å²) in [5, 5.41) is 14.8. The minimum atomic E-state index is -0.0512. The first-order chi connectivity index (χ1) is 17.2. The molecule has 0 aliphatic carbocycles. The second-order valence-electron chi connectivity index (χ2n) is 8.20. The number of amides is 1. The molecule has 1 N–H and O–H groups in total. The fraction of sp³-hybridized carbons (Fsp3) is 0.185. The number of para-hydroxylation sites is 1. The molecule has 2 aromatic carbocycles. The van der Waals surface area contributed by atoms with E-state index in [0.29, 0.717) is 11.1 Å². The van der Waals surface area contributed by atoms with Crippen LogP contribution in [0.4, 0.5) is 0 Å². The summed E-state index contributed by atoms with van der Waals surface area (Å²) < 4.78 is 5.95. The average Bonchev–Trinajstić information content (AvgIpc) is 3.59. The van der Waals surface area contributed by atoms with Crippen LogP contribution in [0.3, 0.4) is 0 Å². The lowest BCUT2D eigenvalue weighted by Crippen LogP contribution is -2.34. The van der Waals surface area contributed by atoms with Gasteiger partial charge in [-0.05, 0) is 48.9 Å². The molecule has 0 fully saturated rings. The van der Waals surface area contributed by atoms with Crippen molar-refractivity contribution in [1.29, 1.82) is 0 Å². The van der Waals surface area contributed by atoms with Crippen LogP contribution in [-0.2, 0) is 11.2 Å². The molecule has 1 unspecified atom stereocenters. The van der Waals surface area contributed by atoms with Crippen LogP contribution in [0.5, 0.6) is 0 Å². The number of thiophene rings is 1. The zero-order valence-electron chi connectivity index (χ0n) is 19.2. The molecule has 35 heavy (non-hydrogen) atoms. The monoisotopic (exact) mass is 500 g/mol. The molecule has 0 bridgehead atoms. The second kappa shape index (κ2) is 10.8. The smallest absolute Gasteiger partial charge is 0.277 e. The van der Waals surface area contributed by atoms with Crippen molar-refractivity contribution in [2.45, 2.75) is 31.0 Å². The molecule has 5 rings (SSSR count). The third-order valence-corrected chi connectivity index (χ3v) is 7.28. The number of rotatable bonds is 9. The Bertz CT molecular complexity index is 1420. The van der Waals surface area contributed by atoms with Crippen LogP contribution >= 0.6 is 23.1 Å². The first kappa shape index (κ1) is 23.3. The van der Waals surface area contributed by atoms with Crippen molar-refractivity contribution in [1.82, 2.24) is 20.5 Å². The van der Waals surface area contributed by atoms with Crippen molar-refractivity contribution in [2.24, 2.45) is 0 Å². The van der Waals surface area contributed by atoms with E-state index in [4.69, 9.17) is 9.40 Å². The summed E-state index contributed by atoms with van der Waals surface area (Å²) >= 11 is 2.88. The van der Waals surface area contributed by atoms with Crippen LogP contribution in [0.25, 0.3) is 32.9 Å². The van der Waals surface area contributed by atoms with Gasteiger partial charge in [0.2, 0.25) is 11.8 Å². The third kappa shape index (κ3) is 5.78. The van der Waals surface area contributed by atoms with Gasteiger partial charge in [0.1, 0.15) is 0 Å². The molecule has 3 heterocycles. The van der Waals surface area contributed by atoms with Crippen LogP contribution in [-0.4, -0.2) is 32.9 Å². The Morgan fingerprint density at radius 1 is 1.06 bits per heavy atom. The highest BCUT2D eigenvalue weighted by Gasteiger charge is 2.17. The number of benzene rings is 2. The Labute approximate surface area is 211 Å². The summed E-state index contributed by atoms with van der Waals surface area (Å²) in [6.07, 6.45) is 1.81. The Hall–Kier alpha value is -3.49. The van der Waals surface area contributed by atoms with Gasteiger partial charge in [0.15, 0.2) is 0 Å². The number of nitrogens with zero attached hydrogens (tertiary/aromatic N) is 3. The highest BCUT2D eigenvalue weighted by molar-refractivity contribution is 7.99. The lowest BCUT2D eigenvalue weighted by atomic mass is 10.1. The summed E-state index contributed by atoms with van der Waals surface area (Å²) in [5.74, 6) is 0.583. The first-order valence-electron chi connectivity index (χ1n) is 11.4. The van der Waals surface area contributed by atoms with Gasteiger partial charge >= 0.3 is 0 Å². The van der Waals surface area contributed by atoms with Gasteiger partial charge in [-0.2, -0.15) is 0 Å². The number of hydrogen-bond acceptors (Lipinski definition) is 7. The molecule has 0 aliphatic rings. The fourth-order valence-electron chi connectivity index (χ4n) is 3.82. The van der Waals surface area contributed by atoms with Gasteiger partial charge in [-0.25, -0.2) is 4.98 Å². The van der Waals surface area contributed by atoms with E-state index in [0.717, 1.165) is 39.9 Å².